The summed E-state index contributed by atoms with van der Waals surface area (Å²) in [5, 5.41) is 4.35. The Hall–Kier alpha value is -1.85. The average Bonchev–Trinajstić information content (AvgIpc) is 2.74. The molecule has 110 valence electrons. The summed E-state index contributed by atoms with van der Waals surface area (Å²) in [7, 11) is 0. The molecule has 0 saturated carbocycles. The number of amides is 2. The molecule has 0 radical (unpaired) electrons. The number of carbonyl (C=O) groups excluding carboxylic acids is 2. The summed E-state index contributed by atoms with van der Waals surface area (Å²) in [5.74, 6) is -0.199. The highest BCUT2D eigenvalue weighted by Gasteiger charge is 2.25. The number of nitrogens with two attached hydrogens (primary N) is 1. The maximum Gasteiger partial charge on any atom is 0.224 e. The van der Waals surface area contributed by atoms with E-state index < -0.39 is 0 Å². The van der Waals surface area contributed by atoms with E-state index in [2.05, 4.69) is 5.10 Å². The van der Waals surface area contributed by atoms with Crippen LogP contribution in [0.3, 0.4) is 0 Å². The second kappa shape index (κ2) is 6.07. The number of rotatable bonds is 4. The molecule has 2 amide bonds. The number of carbonyl (C=O) groups is 2. The number of hydrogen-bond donors (Lipinski definition) is 1. The van der Waals surface area contributed by atoms with Crippen LogP contribution in [-0.4, -0.2) is 39.6 Å². The quantitative estimate of drug-likeness (QED) is 0.876. The highest BCUT2D eigenvalue weighted by molar-refractivity contribution is 5.78. The molecule has 0 spiro atoms. The Morgan fingerprint density at radius 3 is 2.50 bits per heavy atom. The Balaban J connectivity index is 1.81. The monoisotopic (exact) mass is 278 g/mol. The Morgan fingerprint density at radius 2 is 2.00 bits per heavy atom. The minimum Gasteiger partial charge on any atom is -0.369 e. The van der Waals surface area contributed by atoms with Crippen molar-refractivity contribution in [3.8, 4) is 0 Å². The molecule has 0 unspecified atom stereocenters. The van der Waals surface area contributed by atoms with Gasteiger partial charge in [0.05, 0.1) is 5.69 Å². The van der Waals surface area contributed by atoms with Crippen LogP contribution in [0.1, 0.15) is 30.7 Å². The lowest BCUT2D eigenvalue weighted by Gasteiger charge is -2.30. The van der Waals surface area contributed by atoms with Crippen LogP contribution in [0.25, 0.3) is 0 Å². The standard InChI is InChI=1S/C14H22N4O2/c1-10-9-11(2)18(16-10)8-5-13(19)17-6-3-12(4-7-17)14(15)20/h9,12H,3-8H2,1-2H3,(H2,15,20). The SMILES string of the molecule is Cc1cc(C)n(CCC(=O)N2CCC(C(N)=O)CC2)n1. The van der Waals surface area contributed by atoms with Crippen molar-refractivity contribution < 1.29 is 9.59 Å². The van der Waals surface area contributed by atoms with Crippen LogP contribution in [0.5, 0.6) is 0 Å². The smallest absolute Gasteiger partial charge is 0.224 e. The first-order chi connectivity index (χ1) is 9.47. The van der Waals surface area contributed by atoms with Crippen LogP contribution in [0, 0.1) is 19.8 Å². The molecule has 2 heterocycles. The third kappa shape index (κ3) is 3.37. The van der Waals surface area contributed by atoms with Crippen LogP contribution in [0.15, 0.2) is 6.07 Å². The molecule has 6 nitrogen and oxygen atoms in total. The molecule has 20 heavy (non-hydrogen) atoms. The second-order valence-corrected chi connectivity index (χ2v) is 5.46. The van der Waals surface area contributed by atoms with Crippen molar-refractivity contribution in [1.29, 1.82) is 0 Å². The van der Waals surface area contributed by atoms with E-state index in [1.54, 1.807) is 0 Å². The van der Waals surface area contributed by atoms with Gasteiger partial charge in [0.15, 0.2) is 0 Å². The van der Waals surface area contributed by atoms with Gasteiger partial charge in [0.25, 0.3) is 0 Å². The number of aryl methyl sites for hydroxylation is 3. The van der Waals surface area contributed by atoms with E-state index in [0.29, 0.717) is 38.9 Å². The first-order valence-electron chi connectivity index (χ1n) is 7.05. The minimum atomic E-state index is -0.250. The highest BCUT2D eigenvalue weighted by Crippen LogP contribution is 2.17. The Kier molecular flexibility index (Phi) is 4.42. The van der Waals surface area contributed by atoms with Crippen LogP contribution in [0.2, 0.25) is 0 Å². The lowest BCUT2D eigenvalue weighted by molar-refractivity contribution is -0.135. The molecule has 2 N–H and O–H groups in total. The summed E-state index contributed by atoms with van der Waals surface area (Å²) >= 11 is 0. The van der Waals surface area contributed by atoms with Crippen molar-refractivity contribution in [3.63, 3.8) is 0 Å². The van der Waals surface area contributed by atoms with Crippen molar-refractivity contribution in [1.82, 2.24) is 14.7 Å². The lowest BCUT2D eigenvalue weighted by atomic mass is 9.96. The third-order valence-corrected chi connectivity index (χ3v) is 3.89. The van der Waals surface area contributed by atoms with E-state index in [1.165, 1.54) is 0 Å². The number of primary amides is 1. The van der Waals surface area contributed by atoms with E-state index in [9.17, 15) is 9.59 Å². The zero-order valence-corrected chi connectivity index (χ0v) is 12.1. The minimum absolute atomic E-state index is 0.0740. The van der Waals surface area contributed by atoms with Gasteiger partial charge in [-0.1, -0.05) is 0 Å². The van der Waals surface area contributed by atoms with E-state index >= 15 is 0 Å². The van der Waals surface area contributed by atoms with Crippen molar-refractivity contribution in [3.05, 3.63) is 17.5 Å². The fourth-order valence-electron chi connectivity index (χ4n) is 2.67. The summed E-state index contributed by atoms with van der Waals surface area (Å²) in [4.78, 5) is 25.0. The maximum atomic E-state index is 12.1. The van der Waals surface area contributed by atoms with Crippen molar-refractivity contribution in [2.45, 2.75) is 39.7 Å². The largest absolute Gasteiger partial charge is 0.369 e. The molecule has 1 aromatic heterocycles. The fourth-order valence-corrected chi connectivity index (χ4v) is 2.67. The first-order valence-corrected chi connectivity index (χ1v) is 7.05. The molecule has 1 aromatic rings. The Morgan fingerprint density at radius 1 is 1.35 bits per heavy atom. The molecular formula is C14H22N4O2. The third-order valence-electron chi connectivity index (χ3n) is 3.89. The van der Waals surface area contributed by atoms with Gasteiger partial charge in [-0.15, -0.1) is 0 Å². The van der Waals surface area contributed by atoms with Gasteiger partial charge in [0, 0.05) is 37.7 Å². The van der Waals surface area contributed by atoms with Gasteiger partial charge in [0.2, 0.25) is 11.8 Å². The molecule has 0 bridgehead atoms. The molecule has 0 aromatic carbocycles. The highest BCUT2D eigenvalue weighted by atomic mass is 16.2. The summed E-state index contributed by atoms with van der Waals surface area (Å²) in [6.45, 7) is 5.80. The van der Waals surface area contributed by atoms with Crippen molar-refractivity contribution in [2.24, 2.45) is 11.7 Å². The Bertz CT molecular complexity index is 501. The van der Waals surface area contributed by atoms with Gasteiger partial charge >= 0.3 is 0 Å². The summed E-state index contributed by atoms with van der Waals surface area (Å²) in [6.07, 6.45) is 1.81. The number of nitrogens with zero attached hydrogens (tertiary/aromatic N) is 3. The van der Waals surface area contributed by atoms with Gasteiger partial charge in [-0.25, -0.2) is 0 Å². The van der Waals surface area contributed by atoms with E-state index in [1.807, 2.05) is 29.5 Å². The van der Waals surface area contributed by atoms with Crippen molar-refractivity contribution >= 4 is 11.8 Å². The van der Waals surface area contributed by atoms with Crippen LogP contribution in [0.4, 0.5) is 0 Å². The molecule has 1 aliphatic rings. The van der Waals surface area contributed by atoms with Gasteiger partial charge in [-0.3, -0.25) is 14.3 Å². The van der Waals surface area contributed by atoms with Gasteiger partial charge in [-0.2, -0.15) is 5.10 Å². The predicted molar refractivity (Wildman–Crippen MR) is 74.8 cm³/mol. The number of hydrogen-bond acceptors (Lipinski definition) is 3. The number of aromatic nitrogens is 2. The zero-order chi connectivity index (χ0) is 14.7. The number of likely N-dealkylation sites (tertiary alicyclic amines) is 1. The topological polar surface area (TPSA) is 81.2 Å². The van der Waals surface area contributed by atoms with Crippen molar-refractivity contribution in [2.75, 3.05) is 13.1 Å². The van der Waals surface area contributed by atoms with E-state index in [0.717, 1.165) is 11.4 Å². The number of piperidine rings is 1. The van der Waals surface area contributed by atoms with Gasteiger partial charge < -0.3 is 10.6 Å². The van der Waals surface area contributed by atoms with Crippen LogP contribution < -0.4 is 5.73 Å². The summed E-state index contributed by atoms with van der Waals surface area (Å²) in [6, 6.07) is 2.00. The Labute approximate surface area is 118 Å². The predicted octanol–water partition coefficient (Wildman–Crippen LogP) is 0.614. The van der Waals surface area contributed by atoms with Crippen LogP contribution >= 0.6 is 0 Å². The molecule has 1 aliphatic heterocycles. The fraction of sp³-hybridized carbons (Fsp3) is 0.643. The van der Waals surface area contributed by atoms with Gasteiger partial charge in [0.1, 0.15) is 0 Å². The molecule has 1 saturated heterocycles. The molecular weight excluding hydrogens is 256 g/mol. The molecule has 2 rings (SSSR count). The molecule has 0 atom stereocenters. The summed E-state index contributed by atoms with van der Waals surface area (Å²) < 4.78 is 1.86. The van der Waals surface area contributed by atoms with Crippen LogP contribution in [-0.2, 0) is 16.1 Å². The zero-order valence-electron chi connectivity index (χ0n) is 12.1. The maximum absolute atomic E-state index is 12.1. The van der Waals surface area contributed by atoms with Gasteiger partial charge in [-0.05, 0) is 32.8 Å². The van der Waals surface area contributed by atoms with E-state index in [-0.39, 0.29) is 17.7 Å². The first kappa shape index (κ1) is 14.6. The second-order valence-electron chi connectivity index (χ2n) is 5.46. The van der Waals surface area contributed by atoms with E-state index in [4.69, 9.17) is 5.73 Å². The summed E-state index contributed by atoms with van der Waals surface area (Å²) in [5.41, 5.74) is 7.33. The average molecular weight is 278 g/mol. The normalized spacial score (nSPS) is 16.4. The molecule has 1 fully saturated rings. The lowest BCUT2D eigenvalue weighted by Crippen LogP contribution is -2.42. The molecule has 6 heteroatoms. The molecule has 0 aliphatic carbocycles.